The van der Waals surface area contributed by atoms with Crippen LogP contribution in [0.15, 0.2) is 23.0 Å². The number of halogens is 3. The second-order valence-corrected chi connectivity index (χ2v) is 6.32. The molecule has 0 bridgehead atoms. The average Bonchev–Trinajstić information content (AvgIpc) is 2.32. The maximum atomic E-state index is 11.9. The molecule has 0 aliphatic carbocycles. The van der Waals surface area contributed by atoms with Crippen molar-refractivity contribution < 1.29 is 0 Å². The third-order valence-corrected chi connectivity index (χ3v) is 4.21. The van der Waals surface area contributed by atoms with Gasteiger partial charge in [-0.25, -0.2) is 4.98 Å². The average molecular weight is 409 g/mol. The van der Waals surface area contributed by atoms with Gasteiger partial charge in [0, 0.05) is 10.6 Å². The fraction of sp³-hybridized carbons (Fsp3) is 0.231. The molecular weight excluding hydrogens is 398 g/mol. The zero-order valence-electron chi connectivity index (χ0n) is 10.3. The minimum atomic E-state index is -0.152. The van der Waals surface area contributed by atoms with Gasteiger partial charge in [-0.15, -0.1) is 0 Å². The van der Waals surface area contributed by atoms with Crippen molar-refractivity contribution >= 4 is 45.8 Å². The molecule has 0 fully saturated rings. The molecule has 0 spiro atoms. The summed E-state index contributed by atoms with van der Waals surface area (Å²) in [5.74, 6) is 0.634. The molecule has 0 saturated heterocycles. The quantitative estimate of drug-likeness (QED) is 0.745. The molecule has 0 radical (unpaired) electrons. The van der Waals surface area contributed by atoms with Crippen LogP contribution >= 0.6 is 45.8 Å². The van der Waals surface area contributed by atoms with E-state index in [1.165, 1.54) is 0 Å². The monoisotopic (exact) mass is 408 g/mol. The van der Waals surface area contributed by atoms with Crippen LogP contribution in [0.25, 0.3) is 11.4 Å². The number of aromatic nitrogens is 2. The fourth-order valence-corrected chi connectivity index (χ4v) is 3.04. The Balaban J connectivity index is 2.66. The van der Waals surface area contributed by atoms with E-state index in [0.29, 0.717) is 25.0 Å². The van der Waals surface area contributed by atoms with Gasteiger partial charge in [0.25, 0.3) is 5.56 Å². The Morgan fingerprint density at radius 1 is 1.32 bits per heavy atom. The molecule has 3 nitrogen and oxygen atoms in total. The molecule has 19 heavy (non-hydrogen) atoms. The predicted octanol–water partition coefficient (Wildman–Crippen LogP) is 4.47. The number of benzene rings is 1. The highest BCUT2D eigenvalue weighted by atomic mass is 127. The number of hydrogen-bond donors (Lipinski definition) is 1. The molecule has 0 aliphatic rings. The molecular formula is C13H11Cl2IN2O. The summed E-state index contributed by atoms with van der Waals surface area (Å²) in [5.41, 5.74) is 1.28. The van der Waals surface area contributed by atoms with Crippen LogP contribution in [0.3, 0.4) is 0 Å². The molecule has 0 unspecified atom stereocenters. The minimum Gasteiger partial charge on any atom is -0.306 e. The lowest BCUT2D eigenvalue weighted by molar-refractivity contribution is 0.802. The summed E-state index contributed by atoms with van der Waals surface area (Å²) in [5, 5.41) is 1.01. The highest BCUT2D eigenvalue weighted by Gasteiger charge is 2.14. The van der Waals surface area contributed by atoms with Crippen molar-refractivity contribution in [1.29, 1.82) is 0 Å². The van der Waals surface area contributed by atoms with E-state index >= 15 is 0 Å². The predicted molar refractivity (Wildman–Crippen MR) is 87.1 cm³/mol. The van der Waals surface area contributed by atoms with Crippen LogP contribution in [0.5, 0.6) is 0 Å². The first-order chi connectivity index (χ1) is 8.90. The summed E-state index contributed by atoms with van der Waals surface area (Å²) in [7, 11) is 0. The largest absolute Gasteiger partial charge is 0.306 e. The van der Waals surface area contributed by atoms with E-state index in [0.717, 1.165) is 5.69 Å². The minimum absolute atomic E-state index is 0.152. The molecule has 1 aromatic heterocycles. The Morgan fingerprint density at radius 3 is 2.58 bits per heavy atom. The summed E-state index contributed by atoms with van der Waals surface area (Å²) in [6, 6.07) is 5.10. The molecule has 0 saturated carbocycles. The van der Waals surface area contributed by atoms with Crippen molar-refractivity contribution in [3.05, 3.63) is 47.9 Å². The Labute approximate surface area is 134 Å². The maximum Gasteiger partial charge on any atom is 0.264 e. The molecule has 2 rings (SSSR count). The van der Waals surface area contributed by atoms with Gasteiger partial charge in [0.1, 0.15) is 5.82 Å². The summed E-state index contributed by atoms with van der Waals surface area (Å²) < 4.78 is 0.612. The van der Waals surface area contributed by atoms with Crippen molar-refractivity contribution in [2.24, 2.45) is 0 Å². The van der Waals surface area contributed by atoms with E-state index in [4.69, 9.17) is 23.2 Å². The summed E-state index contributed by atoms with van der Waals surface area (Å²) in [6.45, 7) is 3.99. The lowest BCUT2D eigenvalue weighted by atomic mass is 10.1. The first-order valence-electron chi connectivity index (χ1n) is 5.65. The standard InChI is InChI=1S/C13H11Cl2IN2O/c1-6(2)11-10(16)13(19)18-12(17-11)8-4-3-7(14)5-9(8)15/h3-6H,1-2H3,(H,17,18,19). The normalized spacial score (nSPS) is 11.1. The van der Waals surface area contributed by atoms with Crippen LogP contribution in [0.1, 0.15) is 25.5 Å². The van der Waals surface area contributed by atoms with Gasteiger partial charge in [0.05, 0.1) is 14.3 Å². The fourth-order valence-electron chi connectivity index (χ4n) is 1.67. The molecule has 1 aromatic carbocycles. The van der Waals surface area contributed by atoms with Gasteiger partial charge >= 0.3 is 0 Å². The van der Waals surface area contributed by atoms with E-state index in [-0.39, 0.29) is 11.5 Å². The van der Waals surface area contributed by atoms with Crippen molar-refractivity contribution in [3.8, 4) is 11.4 Å². The number of hydrogen-bond acceptors (Lipinski definition) is 2. The third-order valence-electron chi connectivity index (χ3n) is 2.62. The molecule has 0 amide bonds. The first kappa shape index (κ1) is 14.8. The van der Waals surface area contributed by atoms with E-state index in [1.807, 2.05) is 36.4 Å². The number of nitrogens with zero attached hydrogens (tertiary/aromatic N) is 1. The molecule has 2 aromatic rings. The van der Waals surface area contributed by atoms with Crippen LogP contribution in [0.4, 0.5) is 0 Å². The second kappa shape index (κ2) is 5.81. The van der Waals surface area contributed by atoms with E-state index < -0.39 is 0 Å². The van der Waals surface area contributed by atoms with Crippen LogP contribution < -0.4 is 5.56 Å². The molecule has 1 N–H and O–H groups in total. The second-order valence-electron chi connectivity index (χ2n) is 4.39. The van der Waals surface area contributed by atoms with Crippen LogP contribution in [0, 0.1) is 3.57 Å². The molecule has 0 atom stereocenters. The summed E-state index contributed by atoms with van der Waals surface area (Å²) >= 11 is 14.0. The van der Waals surface area contributed by atoms with Crippen LogP contribution in [0.2, 0.25) is 10.0 Å². The van der Waals surface area contributed by atoms with Gasteiger partial charge in [-0.05, 0) is 46.7 Å². The van der Waals surface area contributed by atoms with Crippen molar-refractivity contribution in [2.45, 2.75) is 19.8 Å². The first-order valence-corrected chi connectivity index (χ1v) is 7.48. The highest BCUT2D eigenvalue weighted by molar-refractivity contribution is 14.1. The molecule has 1 heterocycles. The van der Waals surface area contributed by atoms with E-state index in [1.54, 1.807) is 18.2 Å². The van der Waals surface area contributed by atoms with Crippen LogP contribution in [-0.2, 0) is 0 Å². The van der Waals surface area contributed by atoms with Gasteiger partial charge in [-0.1, -0.05) is 37.0 Å². The SMILES string of the molecule is CC(C)c1nc(-c2ccc(Cl)cc2Cl)[nH]c(=O)c1I. The van der Waals surface area contributed by atoms with Gasteiger partial charge in [-0.3, -0.25) is 4.79 Å². The Morgan fingerprint density at radius 2 is 2.00 bits per heavy atom. The van der Waals surface area contributed by atoms with Gasteiger partial charge in [-0.2, -0.15) is 0 Å². The molecule has 6 heteroatoms. The van der Waals surface area contributed by atoms with E-state index in [9.17, 15) is 4.79 Å². The zero-order valence-corrected chi connectivity index (χ0v) is 14.0. The smallest absolute Gasteiger partial charge is 0.264 e. The topological polar surface area (TPSA) is 45.8 Å². The zero-order chi connectivity index (χ0) is 14.2. The highest BCUT2D eigenvalue weighted by Crippen LogP contribution is 2.28. The number of H-pyrrole nitrogens is 1. The van der Waals surface area contributed by atoms with Crippen LogP contribution in [-0.4, -0.2) is 9.97 Å². The Bertz CT molecular complexity index is 683. The number of aromatic amines is 1. The lowest BCUT2D eigenvalue weighted by Crippen LogP contribution is -2.17. The van der Waals surface area contributed by atoms with E-state index in [2.05, 4.69) is 9.97 Å². The van der Waals surface area contributed by atoms with Crippen molar-refractivity contribution in [1.82, 2.24) is 9.97 Å². The Hall–Kier alpha value is -0.590. The van der Waals surface area contributed by atoms with Gasteiger partial charge in [0.2, 0.25) is 0 Å². The Kier molecular flexibility index (Phi) is 4.53. The summed E-state index contributed by atoms with van der Waals surface area (Å²) in [6.07, 6.45) is 0. The van der Waals surface area contributed by atoms with Crippen molar-refractivity contribution in [3.63, 3.8) is 0 Å². The number of nitrogens with one attached hydrogen (secondary N) is 1. The maximum absolute atomic E-state index is 11.9. The molecule has 100 valence electrons. The van der Waals surface area contributed by atoms with Crippen molar-refractivity contribution in [2.75, 3.05) is 0 Å². The van der Waals surface area contributed by atoms with Gasteiger partial charge in [0.15, 0.2) is 0 Å². The summed E-state index contributed by atoms with van der Waals surface area (Å²) in [4.78, 5) is 19.2. The third kappa shape index (κ3) is 3.12. The number of rotatable bonds is 2. The van der Waals surface area contributed by atoms with Gasteiger partial charge < -0.3 is 4.98 Å². The lowest BCUT2D eigenvalue weighted by Gasteiger charge is -2.10. The molecule has 0 aliphatic heterocycles.